The molecule has 0 aliphatic carbocycles. The first-order chi connectivity index (χ1) is 14.8. The largest absolute Gasteiger partial charge is 0.489 e. The van der Waals surface area contributed by atoms with E-state index < -0.39 is 0 Å². The van der Waals surface area contributed by atoms with E-state index in [2.05, 4.69) is 24.3 Å². The van der Waals surface area contributed by atoms with Gasteiger partial charge in [0.25, 0.3) is 0 Å². The summed E-state index contributed by atoms with van der Waals surface area (Å²) < 4.78 is 11.9. The van der Waals surface area contributed by atoms with E-state index in [9.17, 15) is 0 Å². The third kappa shape index (κ3) is 4.62. The zero-order valence-electron chi connectivity index (χ0n) is 16.6. The van der Waals surface area contributed by atoms with Crippen molar-refractivity contribution in [2.24, 2.45) is 0 Å². The number of benzene rings is 4. The summed E-state index contributed by atoms with van der Waals surface area (Å²) in [6.07, 6.45) is 0. The van der Waals surface area contributed by atoms with Gasteiger partial charge in [-0.15, -0.1) is 0 Å². The number of rotatable bonds is 8. The smallest absolute Gasteiger partial charge is 0.119 e. The Hall–Kier alpha value is -3.34. The van der Waals surface area contributed by atoms with Crippen LogP contribution in [0.1, 0.15) is 22.3 Å². The second-order valence-electron chi connectivity index (χ2n) is 7.11. The average molecular weight is 400 g/mol. The second kappa shape index (κ2) is 9.44. The molecule has 30 heavy (non-hydrogen) atoms. The SMILES string of the molecule is OCc1ccc(OCc2cccc3c(COc4ccc(CO)cc4)cccc23)cc1. The highest BCUT2D eigenvalue weighted by atomic mass is 16.5. The van der Waals surface area contributed by atoms with Crippen LogP contribution in [-0.2, 0) is 26.4 Å². The van der Waals surface area contributed by atoms with Gasteiger partial charge in [0.1, 0.15) is 24.7 Å². The topological polar surface area (TPSA) is 58.9 Å². The summed E-state index contributed by atoms with van der Waals surface area (Å²) >= 11 is 0. The van der Waals surface area contributed by atoms with Gasteiger partial charge in [0.15, 0.2) is 0 Å². The molecule has 0 unspecified atom stereocenters. The van der Waals surface area contributed by atoms with Crippen molar-refractivity contribution in [1.29, 1.82) is 0 Å². The molecule has 0 saturated carbocycles. The molecular weight excluding hydrogens is 376 g/mol. The molecule has 152 valence electrons. The fourth-order valence-electron chi connectivity index (χ4n) is 3.40. The molecule has 4 aromatic rings. The minimum atomic E-state index is 0.0278. The number of hydrogen-bond acceptors (Lipinski definition) is 4. The first-order valence-electron chi connectivity index (χ1n) is 9.91. The predicted octanol–water partition coefficient (Wildman–Crippen LogP) is 4.98. The molecule has 0 saturated heterocycles. The Morgan fingerprint density at radius 3 is 1.27 bits per heavy atom. The van der Waals surface area contributed by atoms with E-state index >= 15 is 0 Å². The lowest BCUT2D eigenvalue weighted by Gasteiger charge is -2.13. The van der Waals surface area contributed by atoms with Gasteiger partial charge in [-0.05, 0) is 57.3 Å². The molecule has 0 fully saturated rings. The zero-order chi connectivity index (χ0) is 20.8. The summed E-state index contributed by atoms with van der Waals surface area (Å²) in [4.78, 5) is 0. The van der Waals surface area contributed by atoms with E-state index in [1.54, 1.807) is 0 Å². The maximum absolute atomic E-state index is 9.16. The Morgan fingerprint density at radius 1 is 0.500 bits per heavy atom. The number of aliphatic hydroxyl groups is 2. The molecule has 0 atom stereocenters. The quantitative estimate of drug-likeness (QED) is 0.438. The molecule has 4 heteroatoms. The number of ether oxygens (including phenoxy) is 2. The summed E-state index contributed by atoms with van der Waals surface area (Å²) in [6, 6.07) is 27.4. The minimum absolute atomic E-state index is 0.0278. The van der Waals surface area contributed by atoms with Crippen LogP contribution in [0.25, 0.3) is 10.8 Å². The summed E-state index contributed by atoms with van der Waals surface area (Å²) in [5.41, 5.74) is 3.94. The van der Waals surface area contributed by atoms with E-state index in [-0.39, 0.29) is 13.2 Å². The Kier molecular flexibility index (Phi) is 6.28. The summed E-state index contributed by atoms with van der Waals surface area (Å²) in [6.45, 7) is 0.978. The van der Waals surface area contributed by atoms with Gasteiger partial charge in [0.2, 0.25) is 0 Å². The first-order valence-corrected chi connectivity index (χ1v) is 9.91. The molecule has 2 N–H and O–H groups in total. The fourth-order valence-corrected chi connectivity index (χ4v) is 3.40. The van der Waals surface area contributed by atoms with Gasteiger partial charge in [-0.25, -0.2) is 0 Å². The maximum atomic E-state index is 9.16. The highest BCUT2D eigenvalue weighted by Crippen LogP contribution is 2.25. The molecule has 0 amide bonds. The van der Waals surface area contributed by atoms with Crippen molar-refractivity contribution in [3.63, 3.8) is 0 Å². The van der Waals surface area contributed by atoms with Crippen LogP contribution in [0.5, 0.6) is 11.5 Å². The number of fused-ring (bicyclic) bond motifs is 1. The lowest BCUT2D eigenvalue weighted by Crippen LogP contribution is -2.00. The van der Waals surface area contributed by atoms with Crippen LogP contribution >= 0.6 is 0 Å². The molecule has 0 aliphatic heterocycles. The molecule has 4 nitrogen and oxygen atoms in total. The molecular formula is C26H24O4. The summed E-state index contributed by atoms with van der Waals surface area (Å²) in [7, 11) is 0. The monoisotopic (exact) mass is 400 g/mol. The Labute approximate surface area is 176 Å². The lowest BCUT2D eigenvalue weighted by atomic mass is 10.0. The number of hydrogen-bond donors (Lipinski definition) is 2. The molecule has 4 rings (SSSR count). The average Bonchev–Trinajstić information content (AvgIpc) is 2.82. The Balaban J connectivity index is 1.50. The van der Waals surface area contributed by atoms with E-state index in [1.165, 1.54) is 0 Å². The normalized spacial score (nSPS) is 10.9. The highest BCUT2D eigenvalue weighted by molar-refractivity contribution is 5.88. The van der Waals surface area contributed by atoms with Crippen LogP contribution < -0.4 is 9.47 Å². The third-order valence-electron chi connectivity index (χ3n) is 5.10. The van der Waals surface area contributed by atoms with E-state index in [1.807, 2.05) is 60.7 Å². The van der Waals surface area contributed by atoms with Gasteiger partial charge in [-0.1, -0.05) is 60.7 Å². The van der Waals surface area contributed by atoms with Crippen LogP contribution in [0.2, 0.25) is 0 Å². The predicted molar refractivity (Wildman–Crippen MR) is 117 cm³/mol. The first kappa shape index (κ1) is 20.0. The van der Waals surface area contributed by atoms with Crippen molar-refractivity contribution in [3.05, 3.63) is 107 Å². The van der Waals surface area contributed by atoms with Crippen LogP contribution in [0.3, 0.4) is 0 Å². The third-order valence-corrected chi connectivity index (χ3v) is 5.10. The molecule has 0 radical (unpaired) electrons. The van der Waals surface area contributed by atoms with E-state index in [0.29, 0.717) is 13.2 Å². The fraction of sp³-hybridized carbons (Fsp3) is 0.154. The van der Waals surface area contributed by atoms with Gasteiger partial charge >= 0.3 is 0 Å². The number of aliphatic hydroxyl groups excluding tert-OH is 2. The van der Waals surface area contributed by atoms with Crippen molar-refractivity contribution in [2.75, 3.05) is 0 Å². The minimum Gasteiger partial charge on any atom is -0.489 e. The van der Waals surface area contributed by atoms with E-state index in [0.717, 1.165) is 44.5 Å². The molecule has 0 aromatic heterocycles. The van der Waals surface area contributed by atoms with Crippen LogP contribution in [0.15, 0.2) is 84.9 Å². The molecule has 0 spiro atoms. The zero-order valence-corrected chi connectivity index (χ0v) is 16.6. The van der Waals surface area contributed by atoms with Crippen molar-refractivity contribution < 1.29 is 19.7 Å². The van der Waals surface area contributed by atoms with Gasteiger partial charge < -0.3 is 19.7 Å². The molecule has 4 aromatic carbocycles. The summed E-state index contributed by atoms with van der Waals surface area (Å²) in [5.74, 6) is 1.55. The summed E-state index contributed by atoms with van der Waals surface area (Å²) in [5, 5.41) is 20.6. The maximum Gasteiger partial charge on any atom is 0.119 e. The molecule has 0 heterocycles. The Bertz CT molecular complexity index is 1010. The van der Waals surface area contributed by atoms with Gasteiger partial charge in [-0.3, -0.25) is 0 Å². The Morgan fingerprint density at radius 2 is 0.900 bits per heavy atom. The molecule has 0 bridgehead atoms. The van der Waals surface area contributed by atoms with Gasteiger partial charge in [-0.2, -0.15) is 0 Å². The standard InChI is InChI=1S/C26H24O4/c27-15-19-7-11-23(12-8-19)29-17-21-3-1-5-25-22(4-2-6-26(21)25)18-30-24-13-9-20(16-28)10-14-24/h1-14,27-28H,15-18H2. The van der Waals surface area contributed by atoms with Gasteiger partial charge in [0, 0.05) is 0 Å². The van der Waals surface area contributed by atoms with Crippen LogP contribution in [0, 0.1) is 0 Å². The van der Waals surface area contributed by atoms with Crippen molar-refractivity contribution >= 4 is 10.8 Å². The van der Waals surface area contributed by atoms with Crippen LogP contribution in [-0.4, -0.2) is 10.2 Å². The second-order valence-corrected chi connectivity index (χ2v) is 7.11. The van der Waals surface area contributed by atoms with Crippen molar-refractivity contribution in [2.45, 2.75) is 26.4 Å². The highest BCUT2D eigenvalue weighted by Gasteiger charge is 2.07. The van der Waals surface area contributed by atoms with E-state index in [4.69, 9.17) is 19.7 Å². The molecule has 0 aliphatic rings. The van der Waals surface area contributed by atoms with Crippen molar-refractivity contribution in [1.82, 2.24) is 0 Å². The lowest BCUT2D eigenvalue weighted by molar-refractivity contribution is 0.280. The van der Waals surface area contributed by atoms with Crippen molar-refractivity contribution in [3.8, 4) is 11.5 Å². The van der Waals surface area contributed by atoms with Gasteiger partial charge in [0.05, 0.1) is 13.2 Å². The van der Waals surface area contributed by atoms with Crippen LogP contribution in [0.4, 0.5) is 0 Å².